The van der Waals surface area contributed by atoms with Gasteiger partial charge in [-0.05, 0) is 152 Å². The fraction of sp³-hybridized carbons (Fsp3) is 0.797. The molecule has 0 aromatic carbocycles. The van der Waals surface area contributed by atoms with Gasteiger partial charge in [-0.25, -0.2) is 23.7 Å². The van der Waals surface area contributed by atoms with Crippen LogP contribution in [0.1, 0.15) is 140 Å². The number of aromatic nitrogens is 8. The number of methoxy groups -OCH3 is 2. The predicted molar refractivity (Wildman–Crippen MR) is 363 cm³/mol. The number of fused-ring (bicyclic) bond motifs is 4. The van der Waals surface area contributed by atoms with Gasteiger partial charge in [-0.15, -0.1) is 0 Å². The Morgan fingerprint density at radius 3 is 1.39 bits per heavy atom. The minimum absolute atomic E-state index is 0.0464. The van der Waals surface area contributed by atoms with Crippen molar-refractivity contribution in [2.24, 2.45) is 0 Å². The first-order chi connectivity index (χ1) is 46.4. The number of aliphatic hydroxyl groups excluding tert-OH is 1. The van der Waals surface area contributed by atoms with Crippen LogP contribution in [0.15, 0.2) is 12.4 Å². The molecule has 4 aromatic rings. The van der Waals surface area contributed by atoms with E-state index in [1.807, 2.05) is 41.5 Å². The minimum Gasteiger partial charge on any atom is -0.463 e. The largest absolute Gasteiger partial charge is 0.463 e. The molecule has 6 fully saturated rings. The van der Waals surface area contributed by atoms with Crippen LogP contribution in [0.2, 0.25) is 10.6 Å². The number of amides is 2. The summed E-state index contributed by atoms with van der Waals surface area (Å²) in [5, 5.41) is 17.1. The number of nitrogens with zero attached hydrogens (tertiary/aromatic N) is 10. The molecule has 10 rings (SSSR count). The van der Waals surface area contributed by atoms with E-state index in [0.29, 0.717) is 34.5 Å². The molecule has 35 heteroatoms. The molecule has 1 N–H and O–H groups in total. The highest BCUT2D eigenvalue weighted by Crippen LogP contribution is 2.56. The maximum atomic E-state index is 13.8. The smallest absolute Gasteiger partial charge is 0.416 e. The van der Waals surface area contributed by atoms with Gasteiger partial charge in [-0.2, -0.15) is 30.1 Å². The standard InChI is InChI=1S/C33H51ClN5O11P.C31H49ClN5O10P/c1-10-45-28(40)33(51(8,9)42,19-44-16-15-43-7)46-18-22-23-24(49-32(5,6)48-23)27(47-22)39-26-21(17-35-39)25(36-29(34)37-26)38(20-13-11-12-14-20)30(41)50-31(2,3)4;1-29(2,3)47-28(39)36(19-11-9-10-12-19)24-20-15-33-37(25(20)35-27(32)34-24)26-23-22(45-30(4,5)46-23)21(44-26)16-43-31(17-38,48(7,8)40)18-42-14-13-41-6/h17,20,22-24,27H,10-16,18-19H2,1-9H3;15,19,21-23,26,38H,9-14,16-18H2,1-8H3/t22-,23-,24-,27-,33?;21-,22-,23-,26-,31?/m11/s1. The van der Waals surface area contributed by atoms with Crippen LogP contribution in [0, 0.1) is 0 Å². The number of carbonyl (C=O) groups excluding carboxylic acids is 3. The Balaban J connectivity index is 0.000000232. The number of ether oxygens (including phenoxy) is 15. The molecule has 31 nitrogen and oxygen atoms in total. The average Bonchev–Trinajstić information content (AvgIpc) is 1.60. The summed E-state index contributed by atoms with van der Waals surface area (Å²) in [5.74, 6) is -2.20. The van der Waals surface area contributed by atoms with Gasteiger partial charge in [-0.3, -0.25) is 9.80 Å². The van der Waals surface area contributed by atoms with Crippen molar-refractivity contribution in [1.29, 1.82) is 0 Å². The molecule has 4 aromatic heterocycles. The minimum atomic E-state index is -3.38. The van der Waals surface area contributed by atoms with Crippen molar-refractivity contribution in [3.63, 3.8) is 0 Å². The summed E-state index contributed by atoms with van der Waals surface area (Å²) in [7, 11) is -3.38. The first-order valence-corrected chi connectivity index (χ1v) is 39.5. The highest BCUT2D eigenvalue weighted by molar-refractivity contribution is 7.65. The summed E-state index contributed by atoms with van der Waals surface area (Å²) in [5.41, 5.74) is -0.834. The monoisotopic (exact) mass is 1480 g/mol. The fourth-order valence-electron chi connectivity index (χ4n) is 13.0. The third-order valence-corrected chi connectivity index (χ3v) is 22.6. The van der Waals surface area contributed by atoms with Gasteiger partial charge in [0.25, 0.3) is 0 Å². The van der Waals surface area contributed by atoms with E-state index in [1.165, 1.54) is 25.1 Å². The molecule has 2 amide bonds. The predicted octanol–water partition coefficient (Wildman–Crippen LogP) is 9.72. The van der Waals surface area contributed by atoms with Gasteiger partial charge in [-0.1, -0.05) is 25.7 Å². The number of aliphatic hydroxyl groups is 1. The first kappa shape index (κ1) is 78.8. The molecule has 10 atom stereocenters. The lowest BCUT2D eigenvalue weighted by molar-refractivity contribution is -0.209. The Hall–Kier alpha value is -4.37. The molecule has 99 heavy (non-hydrogen) atoms. The molecular weight excluding hydrogens is 1380 g/mol. The first-order valence-electron chi connectivity index (χ1n) is 33.6. The molecular formula is C64H100Cl2N10O21P2. The van der Waals surface area contributed by atoms with Gasteiger partial charge >= 0.3 is 18.2 Å². The lowest BCUT2D eigenvalue weighted by Gasteiger charge is -2.36. The number of anilines is 2. The van der Waals surface area contributed by atoms with Crippen LogP contribution in [0.5, 0.6) is 0 Å². The van der Waals surface area contributed by atoms with E-state index < -0.39 is 122 Å². The Kier molecular flexibility index (Phi) is 25.1. The third-order valence-electron chi connectivity index (χ3n) is 17.7. The van der Waals surface area contributed by atoms with Crippen molar-refractivity contribution in [1.82, 2.24) is 39.5 Å². The Morgan fingerprint density at radius 2 is 1.02 bits per heavy atom. The van der Waals surface area contributed by atoms with Gasteiger partial charge in [0.15, 0.2) is 52.3 Å². The molecule has 0 radical (unpaired) electrons. The van der Waals surface area contributed by atoms with Crippen LogP contribution >= 0.6 is 37.5 Å². The zero-order chi connectivity index (χ0) is 72.4. The number of halogens is 2. The number of carbonyl (C=O) groups is 3. The summed E-state index contributed by atoms with van der Waals surface area (Å²) < 4.78 is 120. The van der Waals surface area contributed by atoms with E-state index in [2.05, 4.69) is 30.1 Å². The van der Waals surface area contributed by atoms with E-state index in [1.54, 1.807) is 81.9 Å². The van der Waals surface area contributed by atoms with Crippen molar-refractivity contribution >= 4 is 89.3 Å². The molecule has 0 spiro atoms. The third kappa shape index (κ3) is 17.9. The lowest BCUT2D eigenvalue weighted by Crippen LogP contribution is -2.49. The Labute approximate surface area is 587 Å². The highest BCUT2D eigenvalue weighted by Gasteiger charge is 2.61. The van der Waals surface area contributed by atoms with Gasteiger partial charge in [0.1, 0.15) is 62.1 Å². The molecule has 0 bridgehead atoms. The van der Waals surface area contributed by atoms with Crippen LogP contribution in [-0.4, -0.2) is 252 Å². The quantitative estimate of drug-likeness (QED) is 0.0191. The number of hydrogen-bond donors (Lipinski definition) is 1. The van der Waals surface area contributed by atoms with Gasteiger partial charge in [0.05, 0.1) is 89.2 Å². The Morgan fingerprint density at radius 1 is 0.616 bits per heavy atom. The summed E-state index contributed by atoms with van der Waals surface area (Å²) >= 11 is 13.1. The maximum Gasteiger partial charge on any atom is 0.416 e. The van der Waals surface area contributed by atoms with Crippen LogP contribution in [-0.2, 0) is 85.0 Å². The second-order valence-corrected chi connectivity index (χ2v) is 36.8. The lowest BCUT2D eigenvalue weighted by atomic mass is 10.1. The van der Waals surface area contributed by atoms with Crippen molar-refractivity contribution < 1.29 is 99.7 Å². The van der Waals surface area contributed by atoms with E-state index in [4.69, 9.17) is 94.3 Å². The normalized spacial score (nSPS) is 25.3. The molecule has 2 aliphatic carbocycles. The van der Waals surface area contributed by atoms with Gasteiger partial charge < -0.3 is 85.3 Å². The van der Waals surface area contributed by atoms with Crippen molar-refractivity contribution in [3.05, 3.63) is 23.0 Å². The Bertz CT molecular complexity index is 3550. The average molecular weight is 1480 g/mol. The summed E-state index contributed by atoms with van der Waals surface area (Å²) in [6.45, 7) is 25.4. The number of hydrogen-bond acceptors (Lipinski definition) is 27. The van der Waals surface area contributed by atoms with Crippen molar-refractivity contribution in [2.75, 3.05) is 117 Å². The second-order valence-electron chi connectivity index (χ2n) is 29.1. The van der Waals surface area contributed by atoms with Crippen molar-refractivity contribution in [3.8, 4) is 0 Å². The topological polar surface area (TPSA) is 338 Å². The summed E-state index contributed by atoms with van der Waals surface area (Å²) in [4.78, 5) is 61.9. The molecule has 4 aliphatic heterocycles. The van der Waals surface area contributed by atoms with Gasteiger partial charge in [0.2, 0.25) is 15.9 Å². The van der Waals surface area contributed by atoms with E-state index in [-0.39, 0.29) is 81.3 Å². The SMILES string of the molecule is CCOC(=O)C(COCCOC)(OC[C@H]1O[C@@H](n2ncc3c(N(C(=O)OC(C)(C)C)C4CCCC4)nc(Cl)nc32)[C@@H]2OC(C)(C)O[C@@H]21)P(C)(C)=O.COCCOCC(CO)(OC[C@H]1O[C@@H](n2ncc3c(N(C(=O)OC(C)(C)C)C4CCCC4)nc(Cl)nc32)[C@@H]2OC(C)(C)O[C@@H]21)P(C)(C)=O. The second kappa shape index (κ2) is 31.5. The zero-order valence-corrected chi connectivity index (χ0v) is 63.2. The summed E-state index contributed by atoms with van der Waals surface area (Å²) in [6.07, 6.45) is 3.13. The van der Waals surface area contributed by atoms with Crippen LogP contribution in [0.25, 0.3) is 22.1 Å². The molecule has 2 saturated carbocycles. The van der Waals surface area contributed by atoms with Crippen LogP contribution in [0.4, 0.5) is 21.2 Å². The van der Waals surface area contributed by atoms with E-state index in [9.17, 15) is 28.6 Å². The summed E-state index contributed by atoms with van der Waals surface area (Å²) in [6, 6.07) is -0.277. The zero-order valence-electron chi connectivity index (χ0n) is 59.9. The maximum absolute atomic E-state index is 13.8. The number of rotatable bonds is 27. The van der Waals surface area contributed by atoms with Gasteiger partial charge in [0, 0.05) is 26.3 Å². The fourth-order valence-corrected chi connectivity index (χ4v) is 15.7. The van der Waals surface area contributed by atoms with Crippen LogP contribution < -0.4 is 9.80 Å². The molecule has 2 unspecified atom stereocenters. The molecule has 556 valence electrons. The van der Waals surface area contributed by atoms with Crippen LogP contribution in [0.3, 0.4) is 0 Å². The molecule has 8 heterocycles. The van der Waals surface area contributed by atoms with Crippen molar-refractivity contribution in [2.45, 2.75) is 222 Å². The molecule has 4 saturated heterocycles. The number of esters is 1. The molecule has 6 aliphatic rings. The van der Waals surface area contributed by atoms with E-state index >= 15 is 0 Å². The van der Waals surface area contributed by atoms with E-state index in [0.717, 1.165) is 51.4 Å². The highest BCUT2D eigenvalue weighted by atomic mass is 35.5.